The number of benzene rings is 1. The van der Waals surface area contributed by atoms with Crippen LogP contribution in [0.3, 0.4) is 0 Å². The summed E-state index contributed by atoms with van der Waals surface area (Å²) in [6, 6.07) is 3.89. The molecule has 0 bridgehead atoms. The lowest BCUT2D eigenvalue weighted by molar-refractivity contribution is -0.0365. The molecule has 6 atom stereocenters. The molecule has 2 N–H and O–H groups in total. The molecule has 3 aliphatic carbocycles. The Kier molecular flexibility index (Phi) is 3.10. The van der Waals surface area contributed by atoms with Crippen LogP contribution in [0.1, 0.15) is 55.2 Å². The van der Waals surface area contributed by atoms with Crippen LogP contribution in [0, 0.1) is 24.2 Å². The molecule has 120 valence electrons. The fourth-order valence-electron chi connectivity index (χ4n) is 5.78. The number of aliphatic hydroxyl groups is 1. The normalized spacial score (nSPS) is 43.4. The number of aromatic hydroxyl groups is 1. The van der Waals surface area contributed by atoms with E-state index >= 15 is 0 Å². The molecule has 0 heterocycles. The monoisotopic (exact) mass is 304 g/mol. The lowest BCUT2D eigenvalue weighted by Gasteiger charge is -2.50. The van der Waals surface area contributed by atoms with Crippen LogP contribution in [0.25, 0.3) is 0 Å². The molecule has 3 aliphatic rings. The average molecular weight is 304 g/mol. The molecule has 0 saturated heterocycles. The zero-order chi connectivity index (χ0) is 15.6. The summed E-state index contributed by atoms with van der Waals surface area (Å²) >= 11 is 0. The van der Waals surface area contributed by atoms with Gasteiger partial charge in [0.2, 0.25) is 0 Å². The Morgan fingerprint density at radius 2 is 2.05 bits per heavy atom. The van der Waals surface area contributed by atoms with Crippen molar-refractivity contribution in [1.82, 2.24) is 0 Å². The first-order chi connectivity index (χ1) is 10.4. The predicted molar refractivity (Wildman–Crippen MR) is 83.7 cm³/mol. The highest BCUT2D eigenvalue weighted by Crippen LogP contribution is 2.61. The molecule has 0 radical (unpaired) electrons. The predicted octanol–water partition coefficient (Wildman–Crippen LogP) is 3.87. The number of hydrogen-bond acceptors (Lipinski definition) is 2. The lowest BCUT2D eigenvalue weighted by atomic mass is 9.55. The molecule has 1 aromatic rings. The number of phenols is 1. The summed E-state index contributed by atoms with van der Waals surface area (Å²) in [6.07, 6.45) is 2.62. The largest absolute Gasteiger partial charge is 0.508 e. The highest BCUT2D eigenvalue weighted by molar-refractivity contribution is 5.47. The van der Waals surface area contributed by atoms with Crippen LogP contribution in [-0.4, -0.2) is 22.5 Å². The third-order valence-corrected chi connectivity index (χ3v) is 7.11. The van der Waals surface area contributed by atoms with Gasteiger partial charge in [-0.05, 0) is 85.0 Å². The number of hydrogen-bond donors (Lipinski definition) is 2. The number of alkyl halides is 1. The van der Waals surface area contributed by atoms with Crippen molar-refractivity contribution in [2.45, 2.75) is 64.1 Å². The molecule has 2 nitrogen and oxygen atoms in total. The maximum absolute atomic E-state index is 14.2. The average Bonchev–Trinajstić information content (AvgIpc) is 2.74. The second-order valence-corrected chi connectivity index (χ2v) is 7.93. The van der Waals surface area contributed by atoms with Gasteiger partial charge in [-0.15, -0.1) is 0 Å². The van der Waals surface area contributed by atoms with Crippen LogP contribution >= 0.6 is 0 Å². The first kappa shape index (κ1) is 14.5. The van der Waals surface area contributed by atoms with Crippen LogP contribution in [0.2, 0.25) is 0 Å². The van der Waals surface area contributed by atoms with Crippen LogP contribution in [0.5, 0.6) is 5.75 Å². The van der Waals surface area contributed by atoms with Crippen molar-refractivity contribution >= 4 is 0 Å². The first-order valence-corrected chi connectivity index (χ1v) is 8.57. The summed E-state index contributed by atoms with van der Waals surface area (Å²) in [5.74, 6) is 1.63. The quantitative estimate of drug-likeness (QED) is 0.764. The molecule has 2 fully saturated rings. The van der Waals surface area contributed by atoms with Gasteiger partial charge < -0.3 is 10.2 Å². The summed E-state index contributed by atoms with van der Waals surface area (Å²) in [7, 11) is 0. The zero-order valence-electron chi connectivity index (χ0n) is 13.3. The van der Waals surface area contributed by atoms with Crippen LogP contribution < -0.4 is 0 Å². The summed E-state index contributed by atoms with van der Waals surface area (Å²) in [6.45, 7) is 4.09. The van der Waals surface area contributed by atoms with Gasteiger partial charge in [0, 0.05) is 0 Å². The van der Waals surface area contributed by atoms with Crippen molar-refractivity contribution in [1.29, 1.82) is 0 Å². The van der Waals surface area contributed by atoms with E-state index in [4.69, 9.17) is 0 Å². The summed E-state index contributed by atoms with van der Waals surface area (Å²) in [5, 5.41) is 20.3. The molecule has 0 spiro atoms. The van der Waals surface area contributed by atoms with Gasteiger partial charge in [0.25, 0.3) is 0 Å². The fourth-order valence-corrected chi connectivity index (χ4v) is 5.78. The van der Waals surface area contributed by atoms with Crippen LogP contribution in [0.15, 0.2) is 12.1 Å². The van der Waals surface area contributed by atoms with Gasteiger partial charge >= 0.3 is 0 Å². The Morgan fingerprint density at radius 3 is 2.82 bits per heavy atom. The molecular formula is C19H25FO2. The molecule has 4 rings (SSSR count). The summed E-state index contributed by atoms with van der Waals surface area (Å²) in [5.41, 5.74) is 3.44. The van der Waals surface area contributed by atoms with Gasteiger partial charge in [0.1, 0.15) is 11.9 Å². The van der Waals surface area contributed by atoms with E-state index in [9.17, 15) is 14.6 Å². The smallest absolute Gasteiger partial charge is 0.127 e. The number of phenolic OH excluding ortho intramolecular Hbond substituents is 1. The Hall–Kier alpha value is -1.09. The molecule has 2 saturated carbocycles. The third kappa shape index (κ3) is 1.75. The van der Waals surface area contributed by atoms with Gasteiger partial charge in [-0.2, -0.15) is 0 Å². The maximum Gasteiger partial charge on any atom is 0.127 e. The van der Waals surface area contributed by atoms with E-state index in [-0.39, 0.29) is 5.41 Å². The molecule has 0 aromatic heterocycles. The summed E-state index contributed by atoms with van der Waals surface area (Å²) in [4.78, 5) is 0. The molecule has 0 amide bonds. The number of rotatable bonds is 0. The molecule has 0 aliphatic heterocycles. The molecule has 22 heavy (non-hydrogen) atoms. The van der Waals surface area contributed by atoms with Gasteiger partial charge in [0.15, 0.2) is 0 Å². The molecule has 3 heteroatoms. The van der Waals surface area contributed by atoms with Crippen molar-refractivity contribution in [3.63, 3.8) is 0 Å². The van der Waals surface area contributed by atoms with Crippen molar-refractivity contribution in [3.8, 4) is 5.75 Å². The van der Waals surface area contributed by atoms with Gasteiger partial charge in [-0.25, -0.2) is 4.39 Å². The van der Waals surface area contributed by atoms with Crippen molar-refractivity contribution < 1.29 is 14.6 Å². The van der Waals surface area contributed by atoms with Crippen LogP contribution in [-0.2, 0) is 6.42 Å². The number of halogens is 1. The Balaban J connectivity index is 1.73. The first-order valence-electron chi connectivity index (χ1n) is 8.57. The minimum absolute atomic E-state index is 0.246. The fraction of sp³-hybridized carbons (Fsp3) is 0.684. The minimum Gasteiger partial charge on any atom is -0.508 e. The number of fused-ring (bicyclic) bond motifs is 5. The lowest BCUT2D eigenvalue weighted by Crippen LogP contribution is -2.44. The van der Waals surface area contributed by atoms with Crippen molar-refractivity contribution in [2.24, 2.45) is 17.3 Å². The van der Waals surface area contributed by atoms with E-state index in [1.54, 1.807) is 0 Å². The van der Waals surface area contributed by atoms with Gasteiger partial charge in [-0.3, -0.25) is 0 Å². The third-order valence-electron chi connectivity index (χ3n) is 7.11. The highest BCUT2D eigenvalue weighted by atomic mass is 19.1. The van der Waals surface area contributed by atoms with E-state index < -0.39 is 12.3 Å². The topological polar surface area (TPSA) is 40.5 Å². The minimum atomic E-state index is -1.06. The molecular weight excluding hydrogens is 279 g/mol. The van der Waals surface area contributed by atoms with Crippen molar-refractivity contribution in [3.05, 3.63) is 28.8 Å². The Labute approximate surface area is 131 Å². The Morgan fingerprint density at radius 1 is 1.27 bits per heavy atom. The molecule has 1 aromatic carbocycles. The SMILES string of the molecule is Cc1c(O)ccc2c1CC[C@@H]1[C@@H]2CC[C@]2(C)[C@@H](O)[C@H](F)C[C@@H]12. The second-order valence-electron chi connectivity index (χ2n) is 7.93. The number of aliphatic hydroxyl groups excluding tert-OH is 1. The van der Waals surface area contributed by atoms with E-state index in [1.165, 1.54) is 11.1 Å². The van der Waals surface area contributed by atoms with Gasteiger partial charge in [-0.1, -0.05) is 13.0 Å². The highest BCUT2D eigenvalue weighted by Gasteiger charge is 2.58. The van der Waals surface area contributed by atoms with E-state index in [2.05, 4.69) is 13.0 Å². The van der Waals surface area contributed by atoms with Crippen molar-refractivity contribution in [2.75, 3.05) is 0 Å². The van der Waals surface area contributed by atoms with Crippen LogP contribution in [0.4, 0.5) is 4.39 Å². The standard InChI is InChI=1S/C19H25FO2/c1-10-11-3-4-14-13(12(11)5-6-17(10)21)7-8-19(2)15(14)9-16(20)18(19)22/h5-6,13-16,18,21-22H,3-4,7-9H2,1-2H3/t13-,14-,15+,16-,18+,19+/m1/s1. The van der Waals surface area contributed by atoms with E-state index in [0.717, 1.165) is 31.2 Å². The van der Waals surface area contributed by atoms with E-state index in [0.29, 0.717) is 29.9 Å². The second kappa shape index (κ2) is 4.70. The maximum atomic E-state index is 14.2. The summed E-state index contributed by atoms with van der Waals surface area (Å²) < 4.78 is 14.2. The Bertz CT molecular complexity index is 614. The van der Waals surface area contributed by atoms with Gasteiger partial charge in [0.05, 0.1) is 6.10 Å². The zero-order valence-corrected chi connectivity index (χ0v) is 13.3. The molecule has 0 unspecified atom stereocenters. The van der Waals surface area contributed by atoms with E-state index in [1.807, 2.05) is 13.0 Å².